The number of nitrogens with one attached hydrogen (secondary N) is 1. The summed E-state index contributed by atoms with van der Waals surface area (Å²) in [5.74, 6) is 1.71. The minimum atomic E-state index is 0.269. The Morgan fingerprint density at radius 3 is 2.55 bits per heavy atom. The van der Waals surface area contributed by atoms with Crippen molar-refractivity contribution in [2.75, 3.05) is 6.54 Å². The number of nitrogens with two attached hydrogens (primary N) is 1. The molecule has 2 heterocycles. The molecule has 0 aromatic carbocycles. The van der Waals surface area contributed by atoms with E-state index in [0.29, 0.717) is 12.5 Å². The SMILES string of the molecule is CCn1nc(C)c(-c2cnc(C(CN)C(C)C)[nH]2)c1C. The summed E-state index contributed by atoms with van der Waals surface area (Å²) >= 11 is 0. The van der Waals surface area contributed by atoms with E-state index in [9.17, 15) is 0 Å². The van der Waals surface area contributed by atoms with Crippen LogP contribution < -0.4 is 5.73 Å². The molecule has 0 radical (unpaired) electrons. The van der Waals surface area contributed by atoms with Gasteiger partial charge in [-0.1, -0.05) is 13.8 Å². The molecule has 1 unspecified atom stereocenters. The number of H-pyrrole nitrogens is 1. The van der Waals surface area contributed by atoms with Gasteiger partial charge in [0, 0.05) is 30.3 Å². The molecule has 0 fully saturated rings. The number of aryl methyl sites for hydroxylation is 2. The van der Waals surface area contributed by atoms with Crippen LogP contribution in [0.15, 0.2) is 6.20 Å². The van der Waals surface area contributed by atoms with Gasteiger partial charge in [-0.05, 0) is 26.7 Å². The third-order valence-corrected chi connectivity index (χ3v) is 3.96. The van der Waals surface area contributed by atoms with Crippen molar-refractivity contribution in [3.05, 3.63) is 23.4 Å². The van der Waals surface area contributed by atoms with E-state index in [2.05, 4.69) is 42.8 Å². The highest BCUT2D eigenvalue weighted by Gasteiger charge is 2.20. The average molecular weight is 275 g/mol. The third kappa shape index (κ3) is 2.50. The second-order valence-electron chi connectivity index (χ2n) is 5.63. The van der Waals surface area contributed by atoms with Crippen LogP contribution in [0.1, 0.15) is 43.9 Å². The largest absolute Gasteiger partial charge is 0.342 e. The van der Waals surface area contributed by atoms with Gasteiger partial charge in [0.2, 0.25) is 0 Å². The Balaban J connectivity index is 2.41. The summed E-state index contributed by atoms with van der Waals surface area (Å²) in [4.78, 5) is 7.97. The van der Waals surface area contributed by atoms with E-state index >= 15 is 0 Å². The molecule has 2 rings (SSSR count). The maximum Gasteiger partial charge on any atom is 0.111 e. The second kappa shape index (κ2) is 5.79. The predicted octanol–water partition coefficient (Wildman–Crippen LogP) is 2.61. The topological polar surface area (TPSA) is 72.5 Å². The maximum absolute atomic E-state index is 5.86. The van der Waals surface area contributed by atoms with E-state index in [1.807, 2.05) is 17.8 Å². The zero-order chi connectivity index (χ0) is 14.9. The average Bonchev–Trinajstić information content (AvgIpc) is 2.95. The molecule has 5 nitrogen and oxygen atoms in total. The van der Waals surface area contributed by atoms with Crippen molar-refractivity contribution in [1.29, 1.82) is 0 Å². The summed E-state index contributed by atoms with van der Waals surface area (Å²) in [5.41, 5.74) is 10.3. The van der Waals surface area contributed by atoms with Gasteiger partial charge in [-0.2, -0.15) is 5.10 Å². The minimum absolute atomic E-state index is 0.269. The van der Waals surface area contributed by atoms with Gasteiger partial charge in [-0.3, -0.25) is 4.68 Å². The van der Waals surface area contributed by atoms with Crippen LogP contribution >= 0.6 is 0 Å². The van der Waals surface area contributed by atoms with E-state index in [1.165, 1.54) is 5.69 Å². The lowest BCUT2D eigenvalue weighted by Gasteiger charge is -2.15. The lowest BCUT2D eigenvalue weighted by Crippen LogP contribution is -2.19. The lowest BCUT2D eigenvalue weighted by atomic mass is 9.95. The summed E-state index contributed by atoms with van der Waals surface area (Å²) in [6, 6.07) is 0. The number of hydrogen-bond donors (Lipinski definition) is 2. The molecule has 0 bridgehead atoms. The minimum Gasteiger partial charge on any atom is -0.342 e. The molecule has 0 amide bonds. The second-order valence-corrected chi connectivity index (χ2v) is 5.63. The highest BCUT2D eigenvalue weighted by Crippen LogP contribution is 2.28. The van der Waals surface area contributed by atoms with Crippen LogP contribution in [0.5, 0.6) is 0 Å². The van der Waals surface area contributed by atoms with Gasteiger partial charge in [0.15, 0.2) is 0 Å². The van der Waals surface area contributed by atoms with E-state index in [0.717, 1.165) is 29.3 Å². The normalized spacial score (nSPS) is 13.2. The number of rotatable bonds is 5. The Morgan fingerprint density at radius 2 is 2.05 bits per heavy atom. The van der Waals surface area contributed by atoms with Crippen LogP contribution in [0.3, 0.4) is 0 Å². The van der Waals surface area contributed by atoms with E-state index < -0.39 is 0 Å². The van der Waals surface area contributed by atoms with Crippen molar-refractivity contribution < 1.29 is 0 Å². The molecule has 0 aliphatic carbocycles. The first-order valence-corrected chi connectivity index (χ1v) is 7.28. The molecule has 2 aromatic heterocycles. The van der Waals surface area contributed by atoms with Crippen molar-refractivity contribution in [2.24, 2.45) is 11.7 Å². The van der Waals surface area contributed by atoms with Crippen LogP contribution in [0.2, 0.25) is 0 Å². The first-order chi connectivity index (χ1) is 9.49. The number of imidazole rings is 1. The van der Waals surface area contributed by atoms with Crippen LogP contribution in [-0.4, -0.2) is 26.3 Å². The molecular weight excluding hydrogens is 250 g/mol. The fourth-order valence-corrected chi connectivity index (χ4v) is 2.75. The smallest absolute Gasteiger partial charge is 0.111 e. The van der Waals surface area contributed by atoms with Crippen LogP contribution in [0.25, 0.3) is 11.3 Å². The number of aromatic amines is 1. The Labute approximate surface area is 120 Å². The fourth-order valence-electron chi connectivity index (χ4n) is 2.75. The van der Waals surface area contributed by atoms with Crippen molar-refractivity contribution in [1.82, 2.24) is 19.7 Å². The Bertz CT molecular complexity index is 579. The molecule has 2 aromatic rings. The van der Waals surface area contributed by atoms with Crippen molar-refractivity contribution >= 4 is 0 Å². The van der Waals surface area contributed by atoms with Gasteiger partial charge in [0.1, 0.15) is 5.82 Å². The zero-order valence-electron chi connectivity index (χ0n) is 13.1. The van der Waals surface area contributed by atoms with Crippen molar-refractivity contribution in [3.8, 4) is 11.3 Å². The molecule has 5 heteroatoms. The van der Waals surface area contributed by atoms with Crippen molar-refractivity contribution in [3.63, 3.8) is 0 Å². The van der Waals surface area contributed by atoms with Gasteiger partial charge in [-0.15, -0.1) is 0 Å². The van der Waals surface area contributed by atoms with Crippen LogP contribution in [0.4, 0.5) is 0 Å². The highest BCUT2D eigenvalue weighted by atomic mass is 15.3. The quantitative estimate of drug-likeness (QED) is 0.881. The van der Waals surface area contributed by atoms with Gasteiger partial charge in [-0.25, -0.2) is 4.98 Å². The Morgan fingerprint density at radius 1 is 1.35 bits per heavy atom. The molecule has 0 saturated heterocycles. The third-order valence-electron chi connectivity index (χ3n) is 3.96. The molecule has 0 aliphatic rings. The Kier molecular flexibility index (Phi) is 4.28. The maximum atomic E-state index is 5.86. The molecule has 110 valence electrons. The summed E-state index contributed by atoms with van der Waals surface area (Å²) in [6.07, 6.45) is 1.90. The molecular formula is C15H25N5. The monoisotopic (exact) mass is 275 g/mol. The molecule has 0 aliphatic heterocycles. The summed E-state index contributed by atoms with van der Waals surface area (Å²) in [5, 5.41) is 4.56. The molecule has 0 spiro atoms. The summed E-state index contributed by atoms with van der Waals surface area (Å²) < 4.78 is 2.02. The van der Waals surface area contributed by atoms with Gasteiger partial charge >= 0.3 is 0 Å². The van der Waals surface area contributed by atoms with Crippen molar-refractivity contribution in [2.45, 2.75) is 47.1 Å². The molecule has 0 saturated carbocycles. The first-order valence-electron chi connectivity index (χ1n) is 7.28. The van der Waals surface area contributed by atoms with E-state index in [1.54, 1.807) is 0 Å². The predicted molar refractivity (Wildman–Crippen MR) is 81.6 cm³/mol. The molecule has 3 N–H and O–H groups in total. The van der Waals surface area contributed by atoms with Gasteiger partial charge in [0.25, 0.3) is 0 Å². The molecule has 20 heavy (non-hydrogen) atoms. The lowest BCUT2D eigenvalue weighted by molar-refractivity contribution is 0.487. The van der Waals surface area contributed by atoms with Gasteiger partial charge < -0.3 is 10.7 Å². The van der Waals surface area contributed by atoms with E-state index in [-0.39, 0.29) is 5.92 Å². The molecule has 1 atom stereocenters. The van der Waals surface area contributed by atoms with Crippen LogP contribution in [0, 0.1) is 19.8 Å². The number of hydrogen-bond acceptors (Lipinski definition) is 3. The highest BCUT2D eigenvalue weighted by molar-refractivity contribution is 5.64. The standard InChI is InChI=1S/C15H25N5/c1-6-20-11(5)14(10(4)19-20)13-8-17-15(18-13)12(7-16)9(2)3/h8-9,12H,6-7,16H2,1-5H3,(H,17,18). The number of nitrogens with zero attached hydrogens (tertiary/aromatic N) is 3. The fraction of sp³-hybridized carbons (Fsp3) is 0.600. The number of aromatic nitrogens is 4. The summed E-state index contributed by atoms with van der Waals surface area (Å²) in [6.45, 7) is 12.1. The van der Waals surface area contributed by atoms with Gasteiger partial charge in [0.05, 0.1) is 17.6 Å². The van der Waals surface area contributed by atoms with Crippen LogP contribution in [-0.2, 0) is 6.54 Å². The Hall–Kier alpha value is -1.62. The summed E-state index contributed by atoms with van der Waals surface area (Å²) in [7, 11) is 0. The zero-order valence-corrected chi connectivity index (χ0v) is 13.1. The first kappa shape index (κ1) is 14.8. The van der Waals surface area contributed by atoms with E-state index in [4.69, 9.17) is 5.73 Å².